The fourth-order valence-corrected chi connectivity index (χ4v) is 3.41. The molecule has 1 aliphatic carbocycles. The van der Waals surface area contributed by atoms with Gasteiger partial charge < -0.3 is 0 Å². The lowest BCUT2D eigenvalue weighted by atomic mass is 9.74. The second kappa shape index (κ2) is 7.18. The first-order valence-electron chi connectivity index (χ1n) is 7.64. The Kier molecular flexibility index (Phi) is 6.22. The molecule has 1 nitrogen and oxygen atoms in total. The van der Waals surface area contributed by atoms with E-state index in [2.05, 4.69) is 20.8 Å². The van der Waals surface area contributed by atoms with Crippen LogP contribution < -0.4 is 0 Å². The molecular formula is C16H30O. The van der Waals surface area contributed by atoms with E-state index in [0.29, 0.717) is 11.7 Å². The van der Waals surface area contributed by atoms with E-state index in [1.165, 1.54) is 32.1 Å². The lowest BCUT2D eigenvalue weighted by Crippen LogP contribution is -2.29. The molecule has 1 heteroatoms. The Hall–Kier alpha value is -0.330. The molecule has 0 spiro atoms. The van der Waals surface area contributed by atoms with Crippen molar-refractivity contribution in [3.8, 4) is 0 Å². The van der Waals surface area contributed by atoms with Crippen LogP contribution in [0.2, 0.25) is 0 Å². The fourth-order valence-electron chi connectivity index (χ4n) is 3.41. The zero-order valence-electron chi connectivity index (χ0n) is 12.1. The van der Waals surface area contributed by atoms with Gasteiger partial charge >= 0.3 is 0 Å². The lowest BCUT2D eigenvalue weighted by molar-refractivity contribution is -0.129. The predicted octanol–water partition coefficient (Wildman–Crippen LogP) is 5.13. The van der Waals surface area contributed by atoms with Gasteiger partial charge in [0, 0.05) is 11.8 Å². The number of hydrogen-bond donors (Lipinski definition) is 0. The molecule has 0 aromatic heterocycles. The third-order valence-electron chi connectivity index (χ3n) is 4.21. The molecule has 0 heterocycles. The lowest BCUT2D eigenvalue weighted by Gasteiger charge is -2.29. The van der Waals surface area contributed by atoms with E-state index in [1.807, 2.05) is 0 Å². The highest BCUT2D eigenvalue weighted by Crippen LogP contribution is 2.44. The first kappa shape index (κ1) is 14.7. The summed E-state index contributed by atoms with van der Waals surface area (Å²) in [6, 6.07) is 0. The van der Waals surface area contributed by atoms with E-state index >= 15 is 0 Å². The quantitative estimate of drug-likeness (QED) is 0.536. The van der Waals surface area contributed by atoms with Gasteiger partial charge in [0.15, 0.2) is 0 Å². The summed E-state index contributed by atoms with van der Waals surface area (Å²) in [5.74, 6) is 1.24. The van der Waals surface area contributed by atoms with Crippen molar-refractivity contribution in [3.63, 3.8) is 0 Å². The molecule has 0 radical (unpaired) electrons. The van der Waals surface area contributed by atoms with Crippen molar-refractivity contribution in [2.45, 2.75) is 85.0 Å². The SMILES string of the molecule is CCCCCCC(=O)C1(CC(C)C)CCCC1. The number of unbranched alkanes of at least 4 members (excludes halogenated alkanes) is 3. The van der Waals surface area contributed by atoms with Crippen LogP contribution in [0, 0.1) is 11.3 Å². The molecule has 0 unspecified atom stereocenters. The van der Waals surface area contributed by atoms with Crippen LogP contribution in [-0.2, 0) is 4.79 Å². The Bertz CT molecular complexity index is 224. The average Bonchev–Trinajstić information content (AvgIpc) is 2.73. The summed E-state index contributed by atoms with van der Waals surface area (Å²) in [6.07, 6.45) is 11.7. The van der Waals surface area contributed by atoms with Crippen LogP contribution in [-0.4, -0.2) is 5.78 Å². The standard InChI is InChI=1S/C16H30O/c1-4-5-6-7-10-15(17)16(13-14(2)3)11-8-9-12-16/h14H,4-13H2,1-3H3. The van der Waals surface area contributed by atoms with Crippen LogP contribution in [0.15, 0.2) is 0 Å². The van der Waals surface area contributed by atoms with Gasteiger partial charge in [-0.25, -0.2) is 0 Å². The van der Waals surface area contributed by atoms with E-state index in [-0.39, 0.29) is 5.41 Å². The fraction of sp³-hybridized carbons (Fsp3) is 0.938. The second-order valence-corrected chi connectivity index (χ2v) is 6.32. The van der Waals surface area contributed by atoms with Gasteiger partial charge in [0.2, 0.25) is 0 Å². The van der Waals surface area contributed by atoms with Crippen molar-refractivity contribution >= 4 is 5.78 Å². The largest absolute Gasteiger partial charge is 0.299 e. The van der Waals surface area contributed by atoms with E-state index in [0.717, 1.165) is 32.1 Å². The Morgan fingerprint density at radius 3 is 2.29 bits per heavy atom. The highest BCUT2D eigenvalue weighted by Gasteiger charge is 2.40. The molecule has 17 heavy (non-hydrogen) atoms. The molecule has 100 valence electrons. The average molecular weight is 238 g/mol. The smallest absolute Gasteiger partial charge is 0.139 e. The molecule has 0 aromatic carbocycles. The maximum Gasteiger partial charge on any atom is 0.139 e. The minimum absolute atomic E-state index is 0.0837. The van der Waals surface area contributed by atoms with Gasteiger partial charge in [-0.1, -0.05) is 52.9 Å². The molecule has 0 atom stereocenters. The number of carbonyl (C=O) groups excluding carboxylic acids is 1. The molecule has 1 rings (SSSR count). The minimum Gasteiger partial charge on any atom is -0.299 e. The van der Waals surface area contributed by atoms with E-state index in [4.69, 9.17) is 0 Å². The van der Waals surface area contributed by atoms with Gasteiger partial charge in [-0.05, 0) is 31.6 Å². The van der Waals surface area contributed by atoms with Crippen LogP contribution >= 0.6 is 0 Å². The molecule has 0 bridgehead atoms. The normalized spacial score (nSPS) is 18.8. The van der Waals surface area contributed by atoms with Crippen molar-refractivity contribution in [3.05, 3.63) is 0 Å². The van der Waals surface area contributed by atoms with Crippen LogP contribution in [0.25, 0.3) is 0 Å². The molecule has 1 fully saturated rings. The summed E-state index contributed by atoms with van der Waals surface area (Å²) < 4.78 is 0. The number of rotatable bonds is 8. The van der Waals surface area contributed by atoms with Gasteiger partial charge in [-0.2, -0.15) is 0 Å². The summed E-state index contributed by atoms with van der Waals surface area (Å²) in [7, 11) is 0. The Labute approximate surface area is 107 Å². The maximum absolute atomic E-state index is 12.5. The Morgan fingerprint density at radius 2 is 1.76 bits per heavy atom. The predicted molar refractivity (Wildman–Crippen MR) is 74.1 cm³/mol. The summed E-state index contributed by atoms with van der Waals surface area (Å²) in [4.78, 5) is 12.5. The zero-order valence-corrected chi connectivity index (χ0v) is 12.1. The molecule has 1 saturated carbocycles. The molecular weight excluding hydrogens is 208 g/mol. The number of ketones is 1. The van der Waals surface area contributed by atoms with Crippen molar-refractivity contribution in [2.75, 3.05) is 0 Å². The van der Waals surface area contributed by atoms with Gasteiger partial charge in [0.05, 0.1) is 0 Å². The van der Waals surface area contributed by atoms with Crippen molar-refractivity contribution in [2.24, 2.45) is 11.3 Å². The van der Waals surface area contributed by atoms with Crippen LogP contribution in [0.4, 0.5) is 0 Å². The molecule has 0 N–H and O–H groups in total. The summed E-state index contributed by atoms with van der Waals surface area (Å²) in [5.41, 5.74) is 0.0837. The summed E-state index contributed by atoms with van der Waals surface area (Å²) >= 11 is 0. The molecule has 0 aliphatic heterocycles. The van der Waals surface area contributed by atoms with Crippen molar-refractivity contribution in [1.29, 1.82) is 0 Å². The molecule has 0 amide bonds. The maximum atomic E-state index is 12.5. The van der Waals surface area contributed by atoms with Crippen LogP contribution in [0.5, 0.6) is 0 Å². The topological polar surface area (TPSA) is 17.1 Å². The highest BCUT2D eigenvalue weighted by molar-refractivity contribution is 5.85. The van der Waals surface area contributed by atoms with Crippen LogP contribution in [0.1, 0.15) is 85.0 Å². The molecule has 0 aromatic rings. The van der Waals surface area contributed by atoms with Crippen molar-refractivity contribution < 1.29 is 4.79 Å². The Balaban J connectivity index is 2.43. The zero-order chi connectivity index (χ0) is 12.7. The van der Waals surface area contributed by atoms with E-state index < -0.39 is 0 Å². The first-order valence-corrected chi connectivity index (χ1v) is 7.64. The molecule has 0 saturated heterocycles. The van der Waals surface area contributed by atoms with Gasteiger partial charge in [0.1, 0.15) is 5.78 Å². The third kappa shape index (κ3) is 4.44. The van der Waals surface area contributed by atoms with E-state index in [1.54, 1.807) is 0 Å². The molecule has 1 aliphatic rings. The van der Waals surface area contributed by atoms with Gasteiger partial charge in [-0.15, -0.1) is 0 Å². The second-order valence-electron chi connectivity index (χ2n) is 6.32. The summed E-state index contributed by atoms with van der Waals surface area (Å²) in [5, 5.41) is 0. The summed E-state index contributed by atoms with van der Waals surface area (Å²) in [6.45, 7) is 6.73. The highest BCUT2D eigenvalue weighted by atomic mass is 16.1. The Morgan fingerprint density at radius 1 is 1.12 bits per heavy atom. The van der Waals surface area contributed by atoms with Crippen LogP contribution in [0.3, 0.4) is 0 Å². The number of Topliss-reactive ketones (excluding diaryl/α,β-unsaturated/α-hetero) is 1. The first-order chi connectivity index (χ1) is 8.10. The van der Waals surface area contributed by atoms with Crippen molar-refractivity contribution in [1.82, 2.24) is 0 Å². The minimum atomic E-state index is 0.0837. The number of carbonyl (C=O) groups is 1. The van der Waals surface area contributed by atoms with Gasteiger partial charge in [-0.3, -0.25) is 4.79 Å². The van der Waals surface area contributed by atoms with Gasteiger partial charge in [0.25, 0.3) is 0 Å². The monoisotopic (exact) mass is 238 g/mol. The van der Waals surface area contributed by atoms with E-state index in [9.17, 15) is 4.79 Å². The number of hydrogen-bond acceptors (Lipinski definition) is 1. The third-order valence-corrected chi connectivity index (χ3v) is 4.21.